The second kappa shape index (κ2) is 7.19. The van der Waals surface area contributed by atoms with Gasteiger partial charge in [0.1, 0.15) is 17.4 Å². The van der Waals surface area contributed by atoms with E-state index in [9.17, 15) is 14.4 Å². The van der Waals surface area contributed by atoms with Crippen LogP contribution < -0.4 is 5.32 Å². The van der Waals surface area contributed by atoms with Crippen molar-refractivity contribution in [2.24, 2.45) is 0 Å². The molecule has 1 aromatic carbocycles. The molecule has 0 aliphatic rings. The van der Waals surface area contributed by atoms with Gasteiger partial charge >= 0.3 is 0 Å². The first-order chi connectivity index (χ1) is 12.2. The number of anilines is 1. The number of hydrogen-bond donors (Lipinski definition) is 1. The fourth-order valence-corrected chi connectivity index (χ4v) is 2.11. The van der Waals surface area contributed by atoms with Crippen molar-refractivity contribution in [1.29, 1.82) is 5.26 Å². The maximum atomic E-state index is 12.9. The van der Waals surface area contributed by atoms with Crippen molar-refractivity contribution in [3.05, 3.63) is 77.9 Å². The zero-order chi connectivity index (χ0) is 17.6. The smallest absolute Gasteiger partial charge is 0.249 e. The Hall–Kier alpha value is -3.79. The number of nitrogens with one attached hydrogen (secondary N) is 1. The van der Waals surface area contributed by atoms with Crippen molar-refractivity contribution in [1.82, 2.24) is 14.8 Å². The highest BCUT2D eigenvalue weighted by molar-refractivity contribution is 6.02. The van der Waals surface area contributed by atoms with E-state index >= 15 is 0 Å². The minimum Gasteiger partial charge on any atom is -0.306 e. The summed E-state index contributed by atoms with van der Waals surface area (Å²) in [5, 5.41) is 15.9. The fraction of sp³-hybridized carbons (Fsp3) is 0. The number of aromatic nitrogens is 3. The summed E-state index contributed by atoms with van der Waals surface area (Å²) < 4.78 is 14.3. The molecule has 6 nitrogen and oxygen atoms in total. The number of amides is 1. The van der Waals surface area contributed by atoms with Crippen molar-refractivity contribution in [2.45, 2.75) is 0 Å². The molecule has 0 bridgehead atoms. The summed E-state index contributed by atoms with van der Waals surface area (Å²) in [6, 6.07) is 12.9. The number of nitriles is 1. The van der Waals surface area contributed by atoms with Gasteiger partial charge in [0.15, 0.2) is 11.6 Å². The number of carbonyl (C=O) groups is 1. The van der Waals surface area contributed by atoms with Crippen molar-refractivity contribution in [3.8, 4) is 11.9 Å². The van der Waals surface area contributed by atoms with Crippen LogP contribution in [0.5, 0.6) is 0 Å². The normalized spacial score (nSPS) is 10.6. The van der Waals surface area contributed by atoms with Crippen molar-refractivity contribution in [2.75, 3.05) is 5.32 Å². The largest absolute Gasteiger partial charge is 0.306 e. The Bertz CT molecular complexity index is 955. The van der Waals surface area contributed by atoms with Gasteiger partial charge in [-0.15, -0.1) is 0 Å². The van der Waals surface area contributed by atoms with E-state index in [0.717, 1.165) is 0 Å². The van der Waals surface area contributed by atoms with Gasteiger partial charge in [0, 0.05) is 12.3 Å². The lowest BCUT2D eigenvalue weighted by Gasteiger charge is -2.07. The molecule has 0 aliphatic carbocycles. The Morgan fingerprint density at radius 1 is 1.24 bits per heavy atom. The van der Waals surface area contributed by atoms with Crippen LogP contribution in [0.1, 0.15) is 11.1 Å². The van der Waals surface area contributed by atoms with E-state index in [1.165, 1.54) is 29.1 Å². The predicted molar refractivity (Wildman–Crippen MR) is 90.1 cm³/mol. The lowest BCUT2D eigenvalue weighted by Crippen LogP contribution is -2.13. The Kier molecular flexibility index (Phi) is 4.62. The first-order valence-electron chi connectivity index (χ1n) is 7.31. The molecule has 0 spiro atoms. The van der Waals surface area contributed by atoms with Gasteiger partial charge in [-0.05, 0) is 35.9 Å². The van der Waals surface area contributed by atoms with Crippen LogP contribution in [-0.4, -0.2) is 20.7 Å². The molecule has 0 aliphatic heterocycles. The Labute approximate surface area is 142 Å². The van der Waals surface area contributed by atoms with Gasteiger partial charge in [0.05, 0.1) is 6.20 Å². The van der Waals surface area contributed by atoms with Crippen LogP contribution in [-0.2, 0) is 4.79 Å². The summed E-state index contributed by atoms with van der Waals surface area (Å²) in [6.45, 7) is 0. The Morgan fingerprint density at radius 2 is 2.04 bits per heavy atom. The maximum absolute atomic E-state index is 12.9. The van der Waals surface area contributed by atoms with Crippen molar-refractivity contribution < 1.29 is 9.18 Å². The molecule has 0 atom stereocenters. The number of rotatable bonds is 4. The van der Waals surface area contributed by atoms with E-state index in [2.05, 4.69) is 15.4 Å². The van der Waals surface area contributed by atoms with Crippen molar-refractivity contribution in [3.63, 3.8) is 0 Å². The van der Waals surface area contributed by atoms with Crippen LogP contribution in [0.2, 0.25) is 0 Å². The van der Waals surface area contributed by atoms with Crippen LogP contribution in [0.4, 0.5) is 10.2 Å². The first-order valence-corrected chi connectivity index (χ1v) is 7.31. The van der Waals surface area contributed by atoms with Crippen LogP contribution in [0, 0.1) is 17.1 Å². The highest BCUT2D eigenvalue weighted by atomic mass is 19.1. The molecule has 0 fully saturated rings. The third-order valence-electron chi connectivity index (χ3n) is 3.29. The van der Waals surface area contributed by atoms with Crippen LogP contribution in [0.25, 0.3) is 11.9 Å². The first kappa shape index (κ1) is 16.1. The third-order valence-corrected chi connectivity index (χ3v) is 3.29. The topological polar surface area (TPSA) is 83.6 Å². The van der Waals surface area contributed by atoms with Gasteiger partial charge in [-0.2, -0.15) is 15.0 Å². The van der Waals surface area contributed by atoms with Gasteiger partial charge in [-0.25, -0.2) is 9.37 Å². The minimum absolute atomic E-state index is 0.217. The third kappa shape index (κ3) is 3.76. The lowest BCUT2D eigenvalue weighted by molar-refractivity contribution is -0.111. The number of hydrogen-bond acceptors (Lipinski definition) is 4. The number of benzene rings is 1. The van der Waals surface area contributed by atoms with E-state index < -0.39 is 5.91 Å². The summed E-state index contributed by atoms with van der Waals surface area (Å²) in [7, 11) is 0. The van der Waals surface area contributed by atoms with E-state index in [1.807, 2.05) is 6.07 Å². The monoisotopic (exact) mass is 333 g/mol. The van der Waals surface area contributed by atoms with Crippen LogP contribution in [0.15, 0.2) is 60.9 Å². The molecule has 3 rings (SSSR count). The van der Waals surface area contributed by atoms with Gasteiger partial charge in [-0.1, -0.05) is 18.2 Å². The standard InChI is InChI=1S/C18H12FN5O/c19-15-7-4-13(5-8-15)6-9-17(25)23-18-14(11-20)12-22-24(18)16-3-1-2-10-21-16/h1-10,12H,(H,23,25)/b9-6+. The van der Waals surface area contributed by atoms with Crippen LogP contribution >= 0.6 is 0 Å². The van der Waals surface area contributed by atoms with Gasteiger partial charge in [0.25, 0.3) is 0 Å². The van der Waals surface area contributed by atoms with E-state index in [4.69, 9.17) is 0 Å². The predicted octanol–water partition coefficient (Wildman–Crippen LogP) is 2.93. The molecule has 0 saturated carbocycles. The molecule has 2 aromatic heterocycles. The number of nitrogens with zero attached hydrogens (tertiary/aromatic N) is 4. The van der Waals surface area contributed by atoms with Gasteiger partial charge in [-0.3, -0.25) is 4.79 Å². The Balaban J connectivity index is 1.82. The maximum Gasteiger partial charge on any atom is 0.249 e. The molecule has 122 valence electrons. The second-order valence-corrected chi connectivity index (χ2v) is 4.99. The highest BCUT2D eigenvalue weighted by Crippen LogP contribution is 2.18. The Morgan fingerprint density at radius 3 is 2.72 bits per heavy atom. The minimum atomic E-state index is -0.446. The molecular weight excluding hydrogens is 321 g/mol. The summed E-state index contributed by atoms with van der Waals surface area (Å²) in [5.74, 6) is -0.0881. The number of pyridine rings is 1. The van der Waals surface area contributed by atoms with Crippen LogP contribution in [0.3, 0.4) is 0 Å². The van der Waals surface area contributed by atoms with E-state index in [0.29, 0.717) is 11.4 Å². The molecule has 1 amide bonds. The fourth-order valence-electron chi connectivity index (χ4n) is 2.11. The summed E-state index contributed by atoms with van der Waals surface area (Å²) >= 11 is 0. The van der Waals surface area contributed by atoms with E-state index in [-0.39, 0.29) is 17.2 Å². The zero-order valence-electron chi connectivity index (χ0n) is 12.9. The average molecular weight is 333 g/mol. The molecule has 3 aromatic rings. The quantitative estimate of drug-likeness (QED) is 0.744. The summed E-state index contributed by atoms with van der Waals surface area (Å²) in [4.78, 5) is 16.3. The molecular formula is C18H12FN5O. The zero-order valence-corrected chi connectivity index (χ0v) is 12.9. The summed E-state index contributed by atoms with van der Waals surface area (Å²) in [5.41, 5.74) is 0.893. The van der Waals surface area contributed by atoms with Gasteiger partial charge < -0.3 is 5.32 Å². The lowest BCUT2D eigenvalue weighted by atomic mass is 10.2. The van der Waals surface area contributed by atoms with Gasteiger partial charge in [0.2, 0.25) is 5.91 Å². The average Bonchev–Trinajstić information content (AvgIpc) is 3.04. The molecule has 2 heterocycles. The summed E-state index contributed by atoms with van der Waals surface area (Å²) in [6.07, 6.45) is 5.78. The molecule has 1 N–H and O–H groups in total. The second-order valence-electron chi connectivity index (χ2n) is 4.99. The van der Waals surface area contributed by atoms with E-state index in [1.54, 1.807) is 42.6 Å². The molecule has 7 heteroatoms. The molecule has 0 saturated heterocycles. The molecule has 0 unspecified atom stereocenters. The SMILES string of the molecule is N#Cc1cnn(-c2ccccn2)c1NC(=O)/C=C/c1ccc(F)cc1. The number of carbonyl (C=O) groups excluding carboxylic acids is 1. The highest BCUT2D eigenvalue weighted by Gasteiger charge is 2.14. The van der Waals surface area contributed by atoms with Crippen molar-refractivity contribution >= 4 is 17.8 Å². The molecule has 25 heavy (non-hydrogen) atoms. The number of halogens is 1. The molecule has 0 radical (unpaired) electrons.